The summed E-state index contributed by atoms with van der Waals surface area (Å²) in [4.78, 5) is 0. The predicted octanol–water partition coefficient (Wildman–Crippen LogP) is 2.95. The van der Waals surface area contributed by atoms with Crippen LogP contribution in [-0.4, -0.2) is 33.6 Å². The van der Waals surface area contributed by atoms with Crippen molar-refractivity contribution < 1.29 is 14.9 Å². The third-order valence-corrected chi connectivity index (χ3v) is 7.92. The molecule has 0 amide bonds. The summed E-state index contributed by atoms with van der Waals surface area (Å²) in [6.07, 6.45) is 11.7. The quantitative estimate of drug-likeness (QED) is 0.534. The zero-order chi connectivity index (χ0) is 15.2. The minimum atomic E-state index is -0.639. The highest BCUT2D eigenvalue weighted by atomic mass is 16.6. The summed E-state index contributed by atoms with van der Waals surface area (Å²) in [6.45, 7) is 2.38. The molecular formula is C19H28O3. The van der Waals surface area contributed by atoms with E-state index in [1.807, 2.05) is 0 Å². The minimum absolute atomic E-state index is 0.0881. The van der Waals surface area contributed by atoms with E-state index >= 15 is 0 Å². The van der Waals surface area contributed by atoms with Gasteiger partial charge in [-0.1, -0.05) is 19.4 Å². The second kappa shape index (κ2) is 4.17. The van der Waals surface area contributed by atoms with Crippen molar-refractivity contribution in [2.45, 2.75) is 88.1 Å². The van der Waals surface area contributed by atoms with Crippen LogP contribution in [0.3, 0.4) is 0 Å². The van der Waals surface area contributed by atoms with Gasteiger partial charge < -0.3 is 14.9 Å². The second-order valence-electron chi connectivity index (χ2n) is 9.01. The first kappa shape index (κ1) is 14.0. The Labute approximate surface area is 132 Å². The summed E-state index contributed by atoms with van der Waals surface area (Å²) in [5.74, 6) is 0.940. The summed E-state index contributed by atoms with van der Waals surface area (Å²) >= 11 is 0. The fraction of sp³-hybridized carbons (Fsp3) is 0.895. The lowest BCUT2D eigenvalue weighted by Gasteiger charge is -2.47. The highest BCUT2D eigenvalue weighted by Gasteiger charge is 2.70. The van der Waals surface area contributed by atoms with Crippen LogP contribution in [0.5, 0.6) is 0 Å². The van der Waals surface area contributed by atoms with Gasteiger partial charge in [0.05, 0.1) is 11.7 Å². The van der Waals surface area contributed by atoms with Gasteiger partial charge >= 0.3 is 0 Å². The number of aliphatic hydroxyl groups is 2. The third-order valence-electron chi connectivity index (χ3n) is 7.92. The van der Waals surface area contributed by atoms with Gasteiger partial charge in [-0.05, 0) is 67.8 Å². The zero-order valence-electron chi connectivity index (χ0n) is 13.6. The molecule has 0 aromatic rings. The molecule has 1 spiro atoms. The fourth-order valence-electron chi connectivity index (χ4n) is 6.70. The topological polar surface area (TPSA) is 53.0 Å². The molecule has 4 aliphatic carbocycles. The maximum Gasteiger partial charge on any atom is 0.112 e. The molecule has 0 radical (unpaired) electrons. The van der Waals surface area contributed by atoms with Gasteiger partial charge in [0.25, 0.3) is 0 Å². The highest BCUT2D eigenvalue weighted by Crippen LogP contribution is 2.66. The monoisotopic (exact) mass is 304 g/mol. The molecule has 3 heteroatoms. The van der Waals surface area contributed by atoms with Gasteiger partial charge in [0, 0.05) is 6.42 Å². The Bertz CT molecular complexity index is 543. The van der Waals surface area contributed by atoms with Crippen molar-refractivity contribution in [2.75, 3.05) is 0 Å². The van der Waals surface area contributed by atoms with Crippen LogP contribution in [-0.2, 0) is 4.74 Å². The smallest absolute Gasteiger partial charge is 0.112 e. The number of hydrogen-bond acceptors (Lipinski definition) is 3. The molecule has 1 aliphatic heterocycles. The summed E-state index contributed by atoms with van der Waals surface area (Å²) in [7, 11) is 0. The van der Waals surface area contributed by atoms with Gasteiger partial charge in [0.2, 0.25) is 0 Å². The molecule has 122 valence electrons. The maximum atomic E-state index is 11.7. The van der Waals surface area contributed by atoms with Gasteiger partial charge in [-0.25, -0.2) is 0 Å². The molecule has 5 aliphatic rings. The van der Waals surface area contributed by atoms with E-state index in [0.29, 0.717) is 11.8 Å². The van der Waals surface area contributed by atoms with Crippen molar-refractivity contribution in [1.29, 1.82) is 0 Å². The molecule has 3 nitrogen and oxygen atoms in total. The van der Waals surface area contributed by atoms with E-state index in [2.05, 4.69) is 13.0 Å². The van der Waals surface area contributed by atoms with Crippen molar-refractivity contribution in [3.8, 4) is 0 Å². The van der Waals surface area contributed by atoms with E-state index < -0.39 is 5.60 Å². The molecule has 0 bridgehead atoms. The van der Waals surface area contributed by atoms with Crippen molar-refractivity contribution in [3.05, 3.63) is 11.6 Å². The van der Waals surface area contributed by atoms with E-state index in [9.17, 15) is 10.2 Å². The van der Waals surface area contributed by atoms with Crippen LogP contribution >= 0.6 is 0 Å². The average molecular weight is 304 g/mol. The van der Waals surface area contributed by atoms with Crippen LogP contribution < -0.4 is 0 Å². The Hall–Kier alpha value is -0.380. The van der Waals surface area contributed by atoms with E-state index in [4.69, 9.17) is 4.74 Å². The van der Waals surface area contributed by atoms with Gasteiger partial charge in [0.15, 0.2) is 0 Å². The summed E-state index contributed by atoms with van der Waals surface area (Å²) < 4.78 is 6.25. The zero-order valence-corrected chi connectivity index (χ0v) is 13.6. The molecule has 7 atom stereocenters. The van der Waals surface area contributed by atoms with Crippen molar-refractivity contribution >= 4 is 0 Å². The van der Waals surface area contributed by atoms with Crippen molar-refractivity contribution in [1.82, 2.24) is 0 Å². The molecule has 2 N–H and O–H groups in total. The van der Waals surface area contributed by atoms with Crippen LogP contribution in [0.1, 0.15) is 64.7 Å². The number of ether oxygens (including phenoxy) is 1. The van der Waals surface area contributed by atoms with Crippen LogP contribution in [0.2, 0.25) is 0 Å². The number of fused-ring (bicyclic) bond motifs is 4. The second-order valence-corrected chi connectivity index (χ2v) is 9.01. The maximum absolute atomic E-state index is 11.7. The molecule has 3 saturated carbocycles. The number of allylic oxidation sites excluding steroid dienone is 1. The molecule has 4 fully saturated rings. The Morgan fingerprint density at radius 1 is 1.18 bits per heavy atom. The summed E-state index contributed by atoms with van der Waals surface area (Å²) in [5, 5.41) is 21.8. The number of hydrogen-bond donors (Lipinski definition) is 2. The van der Waals surface area contributed by atoms with Crippen LogP contribution in [0.15, 0.2) is 11.6 Å². The Morgan fingerprint density at radius 2 is 2.05 bits per heavy atom. The lowest BCUT2D eigenvalue weighted by Crippen LogP contribution is -2.49. The van der Waals surface area contributed by atoms with E-state index in [0.717, 1.165) is 44.9 Å². The van der Waals surface area contributed by atoms with E-state index in [1.54, 1.807) is 0 Å². The van der Waals surface area contributed by atoms with Crippen molar-refractivity contribution in [3.63, 3.8) is 0 Å². The minimum Gasteiger partial charge on any atom is -0.393 e. The van der Waals surface area contributed by atoms with Crippen LogP contribution in [0.25, 0.3) is 0 Å². The van der Waals surface area contributed by atoms with E-state index in [1.165, 1.54) is 18.4 Å². The largest absolute Gasteiger partial charge is 0.393 e. The molecule has 6 unspecified atom stereocenters. The molecule has 1 saturated heterocycles. The summed E-state index contributed by atoms with van der Waals surface area (Å²) in [5.41, 5.74) is 0.698. The van der Waals surface area contributed by atoms with E-state index in [-0.39, 0.29) is 23.2 Å². The Kier molecular flexibility index (Phi) is 2.66. The molecule has 0 aromatic carbocycles. The van der Waals surface area contributed by atoms with Crippen LogP contribution in [0.4, 0.5) is 0 Å². The van der Waals surface area contributed by atoms with Gasteiger partial charge in [0.1, 0.15) is 11.7 Å². The van der Waals surface area contributed by atoms with Crippen LogP contribution in [0, 0.1) is 17.3 Å². The molecule has 22 heavy (non-hydrogen) atoms. The molecule has 1 heterocycles. The highest BCUT2D eigenvalue weighted by molar-refractivity contribution is 5.39. The lowest BCUT2D eigenvalue weighted by molar-refractivity contribution is -0.0549. The normalized spacial score (nSPS) is 59.5. The average Bonchev–Trinajstić information content (AvgIpc) is 3.00. The van der Waals surface area contributed by atoms with Crippen molar-refractivity contribution in [2.24, 2.45) is 17.3 Å². The van der Waals surface area contributed by atoms with Gasteiger partial charge in [-0.3, -0.25) is 0 Å². The third kappa shape index (κ3) is 1.58. The summed E-state index contributed by atoms with van der Waals surface area (Å²) in [6, 6.07) is 0. The first-order valence-corrected chi connectivity index (χ1v) is 9.27. The number of epoxide rings is 1. The fourth-order valence-corrected chi connectivity index (χ4v) is 6.70. The first-order chi connectivity index (χ1) is 10.5. The van der Waals surface area contributed by atoms with Gasteiger partial charge in [-0.15, -0.1) is 0 Å². The number of aliphatic hydroxyl groups excluding tert-OH is 1. The standard InChI is InChI=1S/C19H28O3/c1-17-8-2-3-15(17)18(21)10-6-12-4-5-13(20)11-19(12)16(22-19)14(18)7-9-17/h7,12-13,15-16,20-21H,2-6,8-11H2,1H3/t12?,13?,15?,16?,17?,18-,19?/m1/s1. The lowest BCUT2D eigenvalue weighted by atomic mass is 9.60. The predicted molar refractivity (Wildman–Crippen MR) is 83.3 cm³/mol. The van der Waals surface area contributed by atoms with Gasteiger partial charge in [-0.2, -0.15) is 0 Å². The Morgan fingerprint density at radius 3 is 2.91 bits per heavy atom. The molecule has 0 aromatic heterocycles. The Balaban J connectivity index is 1.56. The SMILES string of the molecule is CC12CC=C3C4OC45CC(O)CCC5CC[C@]3(O)C1CCC2. The molecule has 5 rings (SSSR count). The number of rotatable bonds is 0. The first-order valence-electron chi connectivity index (χ1n) is 9.27. The molecular weight excluding hydrogens is 276 g/mol.